The molecule has 2 nitrogen and oxygen atoms in total. The van der Waals surface area contributed by atoms with Crippen LogP contribution in [-0.4, -0.2) is 19.2 Å². The Bertz CT molecular complexity index is 323. The zero-order valence-corrected chi connectivity index (χ0v) is 11.6. The molecule has 0 amide bonds. The summed E-state index contributed by atoms with van der Waals surface area (Å²) >= 11 is 2.31. The normalized spacial score (nSPS) is 20.7. The first-order valence-electron chi connectivity index (χ1n) is 5.97. The minimum Gasteiger partial charge on any atom is -0.492 e. The summed E-state index contributed by atoms with van der Waals surface area (Å²) in [6.45, 7) is 1.99. The highest BCUT2D eigenvalue weighted by Crippen LogP contribution is 2.20. The number of ether oxygens (including phenoxy) is 1. The molecule has 0 radical (unpaired) electrons. The molecule has 1 heterocycles. The Morgan fingerprint density at radius 2 is 2.19 bits per heavy atom. The van der Waals surface area contributed by atoms with Gasteiger partial charge in [0, 0.05) is 6.04 Å². The summed E-state index contributed by atoms with van der Waals surface area (Å²) in [7, 11) is 0. The predicted octanol–water partition coefficient (Wildman–Crippen LogP) is 3.20. The molecule has 1 fully saturated rings. The summed E-state index contributed by atoms with van der Waals surface area (Å²) in [5.74, 6) is 1.01. The van der Waals surface area contributed by atoms with Crippen molar-refractivity contribution in [2.45, 2.75) is 31.7 Å². The molecule has 0 saturated carbocycles. The van der Waals surface area contributed by atoms with Gasteiger partial charge in [-0.05, 0) is 60.5 Å². The van der Waals surface area contributed by atoms with E-state index in [9.17, 15) is 0 Å². The highest BCUT2D eigenvalue weighted by Gasteiger charge is 2.12. The molecule has 1 aromatic carbocycles. The van der Waals surface area contributed by atoms with Gasteiger partial charge >= 0.3 is 0 Å². The van der Waals surface area contributed by atoms with Crippen LogP contribution in [0.1, 0.15) is 25.7 Å². The number of hydrogen-bond donors (Lipinski definition) is 1. The standard InChI is InChI=1S/C13H18INO/c14-12-6-1-2-7-13(12)16-10-8-11-5-3-4-9-15-11/h1-2,6-7,11,15H,3-5,8-10H2. The largest absolute Gasteiger partial charge is 0.492 e. The van der Waals surface area contributed by atoms with Crippen LogP contribution in [0.25, 0.3) is 0 Å². The summed E-state index contributed by atoms with van der Waals surface area (Å²) in [5, 5.41) is 3.54. The average Bonchev–Trinajstić information content (AvgIpc) is 2.33. The van der Waals surface area contributed by atoms with E-state index in [0.717, 1.165) is 18.8 Å². The van der Waals surface area contributed by atoms with Crippen LogP contribution in [0.2, 0.25) is 0 Å². The summed E-state index contributed by atoms with van der Waals surface area (Å²) in [5.41, 5.74) is 0. The molecule has 88 valence electrons. The topological polar surface area (TPSA) is 21.3 Å². The molecule has 16 heavy (non-hydrogen) atoms. The second kappa shape index (κ2) is 6.45. The van der Waals surface area contributed by atoms with Crippen LogP contribution in [0, 0.1) is 3.57 Å². The van der Waals surface area contributed by atoms with Gasteiger partial charge in [0.1, 0.15) is 5.75 Å². The summed E-state index contributed by atoms with van der Waals surface area (Å²) < 4.78 is 6.98. The van der Waals surface area contributed by atoms with Crippen LogP contribution in [0.4, 0.5) is 0 Å². The van der Waals surface area contributed by atoms with E-state index in [1.807, 2.05) is 18.2 Å². The first kappa shape index (κ1) is 12.2. The third-order valence-corrected chi connectivity index (χ3v) is 3.86. The SMILES string of the molecule is Ic1ccccc1OCCC1CCCCN1. The van der Waals surface area contributed by atoms with Crippen molar-refractivity contribution >= 4 is 22.6 Å². The minimum absolute atomic E-state index is 0.662. The molecule has 3 heteroatoms. The van der Waals surface area contributed by atoms with Crippen LogP contribution >= 0.6 is 22.6 Å². The molecule has 1 unspecified atom stereocenters. The molecule has 0 aromatic heterocycles. The Morgan fingerprint density at radius 1 is 1.31 bits per heavy atom. The number of benzene rings is 1. The van der Waals surface area contributed by atoms with Crippen molar-refractivity contribution in [2.24, 2.45) is 0 Å². The van der Waals surface area contributed by atoms with Crippen LogP contribution in [0.5, 0.6) is 5.75 Å². The maximum absolute atomic E-state index is 5.79. The molecule has 0 spiro atoms. The molecule has 1 aliphatic heterocycles. The van der Waals surface area contributed by atoms with E-state index in [0.29, 0.717) is 6.04 Å². The quantitative estimate of drug-likeness (QED) is 0.856. The smallest absolute Gasteiger partial charge is 0.132 e. The lowest BCUT2D eigenvalue weighted by atomic mass is 10.0. The predicted molar refractivity (Wildman–Crippen MR) is 74.9 cm³/mol. The molecule has 2 rings (SSSR count). The second-order valence-electron chi connectivity index (χ2n) is 4.21. The Balaban J connectivity index is 1.73. The summed E-state index contributed by atoms with van der Waals surface area (Å²) in [4.78, 5) is 0. The van der Waals surface area contributed by atoms with Crippen molar-refractivity contribution < 1.29 is 4.74 Å². The number of piperidine rings is 1. The number of hydrogen-bond acceptors (Lipinski definition) is 2. The van der Waals surface area contributed by atoms with E-state index >= 15 is 0 Å². The van der Waals surface area contributed by atoms with Gasteiger partial charge in [-0.1, -0.05) is 18.6 Å². The van der Waals surface area contributed by atoms with Crippen LogP contribution in [0.15, 0.2) is 24.3 Å². The summed E-state index contributed by atoms with van der Waals surface area (Å²) in [6.07, 6.45) is 5.11. The van der Waals surface area contributed by atoms with Gasteiger partial charge in [0.25, 0.3) is 0 Å². The van der Waals surface area contributed by atoms with Crippen LogP contribution < -0.4 is 10.1 Å². The van der Waals surface area contributed by atoms with E-state index in [-0.39, 0.29) is 0 Å². The molecule has 0 aliphatic carbocycles. The van der Waals surface area contributed by atoms with Gasteiger partial charge < -0.3 is 10.1 Å². The third-order valence-electron chi connectivity index (χ3n) is 2.97. The maximum Gasteiger partial charge on any atom is 0.132 e. The van der Waals surface area contributed by atoms with Crippen LogP contribution in [0.3, 0.4) is 0 Å². The Labute approximate surface area is 111 Å². The second-order valence-corrected chi connectivity index (χ2v) is 5.38. The average molecular weight is 331 g/mol. The Hall–Kier alpha value is -0.290. The molecule has 1 aromatic rings. The maximum atomic E-state index is 5.79. The number of para-hydroxylation sites is 1. The molecule has 1 aliphatic rings. The minimum atomic E-state index is 0.662. The van der Waals surface area contributed by atoms with Crippen molar-refractivity contribution in [2.75, 3.05) is 13.2 Å². The molecule has 1 N–H and O–H groups in total. The lowest BCUT2D eigenvalue weighted by Gasteiger charge is -2.23. The van der Waals surface area contributed by atoms with Gasteiger partial charge in [0.05, 0.1) is 10.2 Å². The van der Waals surface area contributed by atoms with Gasteiger partial charge in [-0.15, -0.1) is 0 Å². The number of halogens is 1. The molecule has 1 atom stereocenters. The zero-order chi connectivity index (χ0) is 11.2. The van der Waals surface area contributed by atoms with Crippen molar-refractivity contribution in [1.82, 2.24) is 5.32 Å². The van der Waals surface area contributed by atoms with Gasteiger partial charge in [-0.25, -0.2) is 0 Å². The fourth-order valence-electron chi connectivity index (χ4n) is 2.04. The van der Waals surface area contributed by atoms with Crippen LogP contribution in [-0.2, 0) is 0 Å². The molecule has 1 saturated heterocycles. The highest BCUT2D eigenvalue weighted by molar-refractivity contribution is 14.1. The van der Waals surface area contributed by atoms with E-state index < -0.39 is 0 Å². The highest BCUT2D eigenvalue weighted by atomic mass is 127. The van der Waals surface area contributed by atoms with E-state index in [4.69, 9.17) is 4.74 Å². The monoisotopic (exact) mass is 331 g/mol. The lowest BCUT2D eigenvalue weighted by molar-refractivity contribution is 0.267. The van der Waals surface area contributed by atoms with Gasteiger partial charge in [0.2, 0.25) is 0 Å². The van der Waals surface area contributed by atoms with Gasteiger partial charge in [0.15, 0.2) is 0 Å². The van der Waals surface area contributed by atoms with E-state index in [2.05, 4.69) is 34.0 Å². The molecule has 0 bridgehead atoms. The lowest BCUT2D eigenvalue weighted by Crippen LogP contribution is -2.35. The number of rotatable bonds is 4. The van der Waals surface area contributed by atoms with E-state index in [1.54, 1.807) is 0 Å². The van der Waals surface area contributed by atoms with Crippen molar-refractivity contribution in [3.05, 3.63) is 27.8 Å². The van der Waals surface area contributed by atoms with Crippen molar-refractivity contribution in [3.63, 3.8) is 0 Å². The Kier molecular flexibility index (Phi) is 4.91. The molecular weight excluding hydrogens is 313 g/mol. The van der Waals surface area contributed by atoms with Gasteiger partial charge in [-0.2, -0.15) is 0 Å². The van der Waals surface area contributed by atoms with Crippen molar-refractivity contribution in [1.29, 1.82) is 0 Å². The van der Waals surface area contributed by atoms with Crippen molar-refractivity contribution in [3.8, 4) is 5.75 Å². The van der Waals surface area contributed by atoms with E-state index in [1.165, 1.54) is 29.4 Å². The van der Waals surface area contributed by atoms with Gasteiger partial charge in [-0.3, -0.25) is 0 Å². The third kappa shape index (κ3) is 3.63. The molecular formula is C13H18INO. The first-order valence-corrected chi connectivity index (χ1v) is 7.05. The zero-order valence-electron chi connectivity index (χ0n) is 9.42. The Morgan fingerprint density at radius 3 is 2.94 bits per heavy atom. The summed E-state index contributed by atoms with van der Waals surface area (Å²) in [6, 6.07) is 8.84. The number of nitrogens with one attached hydrogen (secondary N) is 1. The fourth-order valence-corrected chi connectivity index (χ4v) is 2.59. The fraction of sp³-hybridized carbons (Fsp3) is 0.538. The first-order chi connectivity index (χ1) is 7.86.